The van der Waals surface area contributed by atoms with Gasteiger partial charge in [-0.2, -0.15) is 0 Å². The van der Waals surface area contributed by atoms with Crippen LogP contribution >= 0.6 is 7.92 Å². The summed E-state index contributed by atoms with van der Waals surface area (Å²) in [4.78, 5) is 11.4. The summed E-state index contributed by atoms with van der Waals surface area (Å²) in [6.07, 6.45) is 2.99. The van der Waals surface area contributed by atoms with E-state index in [-0.39, 0.29) is 13.8 Å². The SMILES string of the molecule is CC1CP(c2ccccc2)CCC1=O. The van der Waals surface area contributed by atoms with Crippen LogP contribution in [0.4, 0.5) is 0 Å². The Bertz CT molecular complexity index is 320. The number of rotatable bonds is 1. The Morgan fingerprint density at radius 1 is 1.29 bits per heavy atom. The average Bonchev–Trinajstić information content (AvgIpc) is 2.23. The van der Waals surface area contributed by atoms with E-state index < -0.39 is 0 Å². The number of hydrogen-bond acceptors (Lipinski definition) is 1. The minimum atomic E-state index is -0.0537. The lowest BCUT2D eigenvalue weighted by atomic mass is 10.1. The van der Waals surface area contributed by atoms with E-state index in [2.05, 4.69) is 37.3 Å². The predicted octanol–water partition coefficient (Wildman–Crippen LogP) is 2.40. The maximum Gasteiger partial charge on any atom is 0.136 e. The van der Waals surface area contributed by atoms with Crippen LogP contribution in [0.5, 0.6) is 0 Å². The van der Waals surface area contributed by atoms with Crippen molar-refractivity contribution >= 4 is 19.0 Å². The van der Waals surface area contributed by atoms with Crippen LogP contribution in [0.2, 0.25) is 0 Å². The van der Waals surface area contributed by atoms with Gasteiger partial charge < -0.3 is 0 Å². The molecule has 0 bridgehead atoms. The fourth-order valence-corrected chi connectivity index (χ4v) is 4.49. The molecule has 1 fully saturated rings. The summed E-state index contributed by atoms with van der Waals surface area (Å²) in [6, 6.07) is 10.7. The Morgan fingerprint density at radius 2 is 2.00 bits per heavy atom. The Balaban J connectivity index is 2.11. The quantitative estimate of drug-likeness (QED) is 0.645. The molecule has 2 atom stereocenters. The van der Waals surface area contributed by atoms with E-state index in [1.165, 1.54) is 5.30 Å². The molecule has 0 saturated carbocycles. The number of hydrogen-bond donors (Lipinski definition) is 0. The van der Waals surface area contributed by atoms with Crippen LogP contribution in [-0.4, -0.2) is 18.1 Å². The van der Waals surface area contributed by atoms with Crippen molar-refractivity contribution < 1.29 is 4.79 Å². The molecule has 0 spiro atoms. The molecular weight excluding hydrogens is 191 g/mol. The second-order valence-corrected chi connectivity index (χ2v) is 6.31. The van der Waals surface area contributed by atoms with Crippen molar-refractivity contribution in [1.82, 2.24) is 0 Å². The smallest absolute Gasteiger partial charge is 0.136 e. The monoisotopic (exact) mass is 206 g/mol. The molecule has 1 saturated heterocycles. The molecular formula is C12H15OP. The molecule has 0 N–H and O–H groups in total. The van der Waals surface area contributed by atoms with Gasteiger partial charge in [-0.05, 0) is 17.6 Å². The summed E-state index contributed by atoms with van der Waals surface area (Å²) >= 11 is 0. The van der Waals surface area contributed by atoms with Crippen molar-refractivity contribution in [3.8, 4) is 0 Å². The summed E-state index contributed by atoms with van der Waals surface area (Å²) in [5.74, 6) is 0.745. The Morgan fingerprint density at radius 3 is 2.64 bits per heavy atom. The van der Waals surface area contributed by atoms with Crippen LogP contribution in [0.25, 0.3) is 0 Å². The summed E-state index contributed by atoms with van der Waals surface area (Å²) < 4.78 is 0. The van der Waals surface area contributed by atoms with E-state index in [0.717, 1.165) is 18.7 Å². The fourth-order valence-electron chi connectivity index (χ4n) is 1.89. The molecule has 0 aromatic heterocycles. The third-order valence-electron chi connectivity index (χ3n) is 2.79. The first-order chi connectivity index (χ1) is 6.77. The van der Waals surface area contributed by atoms with E-state index in [1.54, 1.807) is 0 Å². The molecule has 0 radical (unpaired) electrons. The third kappa shape index (κ3) is 2.04. The number of carbonyl (C=O) groups is 1. The predicted molar refractivity (Wildman–Crippen MR) is 61.5 cm³/mol. The van der Waals surface area contributed by atoms with Crippen molar-refractivity contribution in [3.05, 3.63) is 30.3 Å². The van der Waals surface area contributed by atoms with Gasteiger partial charge >= 0.3 is 0 Å². The summed E-state index contributed by atoms with van der Waals surface area (Å²) in [6.45, 7) is 2.07. The van der Waals surface area contributed by atoms with Crippen LogP contribution in [0, 0.1) is 5.92 Å². The standard InChI is InChI=1S/C12H15OP/c1-10-9-14(8-7-12(10)13)11-5-3-2-4-6-11/h2-6,10H,7-9H2,1H3. The zero-order valence-electron chi connectivity index (χ0n) is 8.44. The highest BCUT2D eigenvalue weighted by atomic mass is 31.1. The van der Waals surface area contributed by atoms with Gasteiger partial charge in [0, 0.05) is 12.3 Å². The zero-order valence-corrected chi connectivity index (χ0v) is 9.34. The van der Waals surface area contributed by atoms with E-state index >= 15 is 0 Å². The maximum absolute atomic E-state index is 11.4. The highest BCUT2D eigenvalue weighted by molar-refractivity contribution is 7.65. The van der Waals surface area contributed by atoms with Gasteiger partial charge in [0.1, 0.15) is 5.78 Å². The lowest BCUT2D eigenvalue weighted by molar-refractivity contribution is -0.121. The van der Waals surface area contributed by atoms with Gasteiger partial charge in [0.2, 0.25) is 0 Å². The van der Waals surface area contributed by atoms with Gasteiger partial charge in [-0.25, -0.2) is 0 Å². The van der Waals surface area contributed by atoms with Gasteiger partial charge in [-0.1, -0.05) is 45.2 Å². The van der Waals surface area contributed by atoms with Gasteiger partial charge in [-0.3, -0.25) is 4.79 Å². The number of carbonyl (C=O) groups excluding carboxylic acids is 1. The van der Waals surface area contributed by atoms with E-state index in [0.29, 0.717) is 5.78 Å². The summed E-state index contributed by atoms with van der Waals surface area (Å²) in [5, 5.41) is 1.46. The van der Waals surface area contributed by atoms with Gasteiger partial charge in [0.15, 0.2) is 0 Å². The Kier molecular flexibility index (Phi) is 2.98. The van der Waals surface area contributed by atoms with Crippen molar-refractivity contribution in [2.75, 3.05) is 12.3 Å². The largest absolute Gasteiger partial charge is 0.299 e. The van der Waals surface area contributed by atoms with Gasteiger partial charge in [-0.15, -0.1) is 0 Å². The zero-order chi connectivity index (χ0) is 9.97. The van der Waals surface area contributed by atoms with Crippen LogP contribution in [0.1, 0.15) is 13.3 Å². The van der Waals surface area contributed by atoms with Crippen molar-refractivity contribution in [1.29, 1.82) is 0 Å². The Labute approximate surface area is 86.3 Å². The van der Waals surface area contributed by atoms with Crippen LogP contribution in [0.3, 0.4) is 0 Å². The molecule has 2 rings (SSSR count). The van der Waals surface area contributed by atoms with Crippen LogP contribution in [-0.2, 0) is 4.79 Å². The molecule has 2 heteroatoms. The lowest BCUT2D eigenvalue weighted by Gasteiger charge is -2.26. The van der Waals surface area contributed by atoms with E-state index in [9.17, 15) is 4.79 Å². The summed E-state index contributed by atoms with van der Waals surface area (Å²) in [7, 11) is -0.0537. The average molecular weight is 206 g/mol. The molecule has 14 heavy (non-hydrogen) atoms. The summed E-state index contributed by atoms with van der Waals surface area (Å²) in [5.41, 5.74) is 0. The first-order valence-corrected chi connectivity index (χ1v) is 6.81. The van der Waals surface area contributed by atoms with Crippen molar-refractivity contribution in [3.63, 3.8) is 0 Å². The minimum Gasteiger partial charge on any atom is -0.299 e. The van der Waals surface area contributed by atoms with Gasteiger partial charge in [0.05, 0.1) is 0 Å². The van der Waals surface area contributed by atoms with Crippen molar-refractivity contribution in [2.45, 2.75) is 13.3 Å². The normalized spacial score (nSPS) is 27.6. The molecule has 2 unspecified atom stereocenters. The lowest BCUT2D eigenvalue weighted by Crippen LogP contribution is -2.24. The minimum absolute atomic E-state index is 0.0537. The number of ketones is 1. The van der Waals surface area contributed by atoms with Crippen LogP contribution in [0.15, 0.2) is 30.3 Å². The second-order valence-electron chi connectivity index (χ2n) is 3.90. The van der Waals surface area contributed by atoms with E-state index in [1.807, 2.05) is 0 Å². The molecule has 1 aliphatic rings. The highest BCUT2D eigenvalue weighted by Gasteiger charge is 2.25. The molecule has 1 nitrogen and oxygen atoms in total. The van der Waals surface area contributed by atoms with Crippen LogP contribution < -0.4 is 5.30 Å². The maximum atomic E-state index is 11.4. The van der Waals surface area contributed by atoms with Crippen molar-refractivity contribution in [2.24, 2.45) is 5.92 Å². The first kappa shape index (κ1) is 9.86. The topological polar surface area (TPSA) is 17.1 Å². The van der Waals surface area contributed by atoms with Gasteiger partial charge in [0.25, 0.3) is 0 Å². The molecule has 0 aliphatic carbocycles. The Hall–Kier alpha value is -0.680. The molecule has 1 aromatic rings. The molecule has 0 amide bonds. The first-order valence-electron chi connectivity index (χ1n) is 5.10. The van der Waals surface area contributed by atoms with E-state index in [4.69, 9.17) is 0 Å². The molecule has 74 valence electrons. The fraction of sp³-hybridized carbons (Fsp3) is 0.417. The molecule has 1 aliphatic heterocycles. The number of benzene rings is 1. The molecule has 1 heterocycles. The molecule has 1 aromatic carbocycles. The highest BCUT2D eigenvalue weighted by Crippen LogP contribution is 2.41. The number of Topliss-reactive ketones (excluding diaryl/α,β-unsaturated/α-hetero) is 1. The third-order valence-corrected chi connectivity index (χ3v) is 5.57. The second kappa shape index (κ2) is 4.23.